The van der Waals surface area contributed by atoms with Crippen molar-refractivity contribution in [3.63, 3.8) is 0 Å². The predicted octanol–water partition coefficient (Wildman–Crippen LogP) is 12.8. The van der Waals surface area contributed by atoms with E-state index in [4.69, 9.17) is 4.42 Å². The molecule has 9 rings (SSSR count). The van der Waals surface area contributed by atoms with Crippen LogP contribution >= 0.6 is 11.3 Å². The van der Waals surface area contributed by atoms with Gasteiger partial charge in [-0.25, -0.2) is 0 Å². The summed E-state index contributed by atoms with van der Waals surface area (Å²) in [5.74, 6) is 0. The normalized spacial score (nSPS) is 11.6. The van der Waals surface area contributed by atoms with Crippen LogP contribution in [0.1, 0.15) is 0 Å². The van der Waals surface area contributed by atoms with E-state index >= 15 is 0 Å². The molecule has 0 fully saturated rings. The van der Waals surface area contributed by atoms with Crippen LogP contribution in [0.4, 0.5) is 17.1 Å². The van der Waals surface area contributed by atoms with Crippen LogP contribution in [0.3, 0.4) is 0 Å². The van der Waals surface area contributed by atoms with Crippen LogP contribution in [-0.4, -0.2) is 0 Å². The van der Waals surface area contributed by atoms with Crippen molar-refractivity contribution >= 4 is 70.5 Å². The van der Waals surface area contributed by atoms with Gasteiger partial charge in [0.2, 0.25) is 0 Å². The van der Waals surface area contributed by atoms with Crippen molar-refractivity contribution in [1.82, 2.24) is 0 Å². The van der Waals surface area contributed by atoms with E-state index in [-0.39, 0.29) is 0 Å². The van der Waals surface area contributed by atoms with E-state index in [2.05, 4.69) is 163 Å². The van der Waals surface area contributed by atoms with Gasteiger partial charge in [0.05, 0.1) is 0 Å². The van der Waals surface area contributed by atoms with Crippen LogP contribution in [0.2, 0.25) is 0 Å². The molecule has 9 aromatic rings. The highest BCUT2D eigenvalue weighted by Gasteiger charge is 2.17. The van der Waals surface area contributed by atoms with E-state index in [1.54, 1.807) is 0 Å². The molecule has 0 N–H and O–H groups in total. The predicted molar refractivity (Wildman–Crippen MR) is 192 cm³/mol. The molecule has 0 spiro atoms. The molecule has 0 bridgehead atoms. The Morgan fingerprint density at radius 2 is 0.978 bits per heavy atom. The Morgan fingerprint density at radius 1 is 0.400 bits per heavy atom. The molecule has 0 saturated carbocycles. The maximum Gasteiger partial charge on any atom is 0.143 e. The van der Waals surface area contributed by atoms with Crippen molar-refractivity contribution < 1.29 is 4.42 Å². The van der Waals surface area contributed by atoms with Gasteiger partial charge >= 0.3 is 0 Å². The number of nitrogens with zero attached hydrogens (tertiary/aromatic N) is 1. The Hall–Kier alpha value is -5.64. The lowest BCUT2D eigenvalue weighted by molar-refractivity contribution is 0.670. The highest BCUT2D eigenvalue weighted by molar-refractivity contribution is 7.25. The fourth-order valence-corrected chi connectivity index (χ4v) is 7.59. The molecule has 0 aliphatic rings. The highest BCUT2D eigenvalue weighted by Crippen LogP contribution is 2.43. The minimum atomic E-state index is 0.907. The summed E-state index contributed by atoms with van der Waals surface area (Å²) < 4.78 is 9.17. The Balaban J connectivity index is 1.21. The quantitative estimate of drug-likeness (QED) is 0.197. The van der Waals surface area contributed by atoms with Crippen molar-refractivity contribution in [2.45, 2.75) is 0 Å². The van der Waals surface area contributed by atoms with Gasteiger partial charge < -0.3 is 9.32 Å². The van der Waals surface area contributed by atoms with Gasteiger partial charge in [-0.1, -0.05) is 91.0 Å². The zero-order valence-corrected chi connectivity index (χ0v) is 25.2. The minimum absolute atomic E-state index is 0.907. The standard InChI is InChI=1S/C42H27NOS/c1-3-11-31(12-4-1)43(32-13-5-2-6-14-32)33-22-19-28(20-23-33)30-26-36(42-38(27-30)34-15-7-9-17-39(34)44-42)29-21-24-41-37(25-29)35-16-8-10-18-40(35)45-41/h1-27H. The molecule has 0 amide bonds. The molecular formula is C42H27NOS. The SMILES string of the molecule is c1ccc(N(c2ccccc2)c2ccc(-c3cc(-c4ccc5sc6ccccc6c5c4)c4oc5ccccc5c4c3)cc2)cc1. The van der Waals surface area contributed by atoms with Gasteiger partial charge in [-0.05, 0) is 89.5 Å². The third kappa shape index (κ3) is 4.40. The smallest absolute Gasteiger partial charge is 0.143 e. The molecule has 45 heavy (non-hydrogen) atoms. The summed E-state index contributed by atoms with van der Waals surface area (Å²) in [6.45, 7) is 0. The number of hydrogen-bond donors (Lipinski definition) is 0. The van der Waals surface area contributed by atoms with E-state index in [1.165, 1.54) is 20.2 Å². The molecule has 0 aliphatic heterocycles. The van der Waals surface area contributed by atoms with Crippen molar-refractivity contribution in [3.05, 3.63) is 164 Å². The number of rotatable bonds is 5. The van der Waals surface area contributed by atoms with E-state index in [0.29, 0.717) is 0 Å². The largest absolute Gasteiger partial charge is 0.455 e. The molecule has 3 heteroatoms. The second kappa shape index (κ2) is 10.5. The number of para-hydroxylation sites is 3. The summed E-state index contributed by atoms with van der Waals surface area (Å²) in [5, 5.41) is 4.85. The monoisotopic (exact) mass is 593 g/mol. The van der Waals surface area contributed by atoms with Gasteiger partial charge in [0.25, 0.3) is 0 Å². The van der Waals surface area contributed by atoms with E-state index in [1.807, 2.05) is 17.4 Å². The van der Waals surface area contributed by atoms with Crippen LogP contribution in [0, 0.1) is 0 Å². The Labute approximate surface area is 265 Å². The molecule has 0 unspecified atom stereocenters. The average Bonchev–Trinajstić information content (AvgIpc) is 3.67. The van der Waals surface area contributed by atoms with Crippen molar-refractivity contribution in [2.75, 3.05) is 4.90 Å². The van der Waals surface area contributed by atoms with Gasteiger partial charge in [-0.15, -0.1) is 11.3 Å². The molecule has 212 valence electrons. The molecular weight excluding hydrogens is 567 g/mol. The molecule has 2 nitrogen and oxygen atoms in total. The first kappa shape index (κ1) is 25.8. The van der Waals surface area contributed by atoms with Crippen LogP contribution in [0.5, 0.6) is 0 Å². The van der Waals surface area contributed by atoms with Gasteiger partial charge in [-0.3, -0.25) is 0 Å². The van der Waals surface area contributed by atoms with Crippen molar-refractivity contribution in [2.24, 2.45) is 0 Å². The summed E-state index contributed by atoms with van der Waals surface area (Å²) in [6.07, 6.45) is 0. The summed E-state index contributed by atoms with van der Waals surface area (Å²) >= 11 is 1.85. The van der Waals surface area contributed by atoms with E-state index in [0.717, 1.165) is 61.3 Å². The van der Waals surface area contributed by atoms with E-state index in [9.17, 15) is 0 Å². The topological polar surface area (TPSA) is 16.4 Å². The summed E-state index contributed by atoms with van der Waals surface area (Å²) in [5.41, 5.74) is 9.79. The Bertz CT molecular complexity index is 2430. The maximum absolute atomic E-state index is 6.55. The van der Waals surface area contributed by atoms with Crippen molar-refractivity contribution in [3.8, 4) is 22.3 Å². The molecule has 0 radical (unpaired) electrons. The second-order valence-corrected chi connectivity index (χ2v) is 12.4. The number of anilines is 3. The highest BCUT2D eigenvalue weighted by atomic mass is 32.1. The lowest BCUT2D eigenvalue weighted by Gasteiger charge is -2.25. The average molecular weight is 594 g/mol. The Kier molecular flexibility index (Phi) is 6.03. The molecule has 0 atom stereocenters. The second-order valence-electron chi connectivity index (χ2n) is 11.4. The third-order valence-corrected chi connectivity index (χ3v) is 9.81. The lowest BCUT2D eigenvalue weighted by atomic mass is 9.95. The van der Waals surface area contributed by atoms with Gasteiger partial charge in [0.1, 0.15) is 11.2 Å². The zero-order valence-electron chi connectivity index (χ0n) is 24.4. The number of thiophene rings is 1. The zero-order chi connectivity index (χ0) is 29.7. The Morgan fingerprint density at radius 3 is 1.73 bits per heavy atom. The third-order valence-electron chi connectivity index (χ3n) is 8.65. The fourth-order valence-electron chi connectivity index (χ4n) is 6.51. The first-order valence-electron chi connectivity index (χ1n) is 15.2. The van der Waals surface area contributed by atoms with Crippen LogP contribution in [0.15, 0.2) is 168 Å². The van der Waals surface area contributed by atoms with Crippen molar-refractivity contribution in [1.29, 1.82) is 0 Å². The van der Waals surface area contributed by atoms with Gasteiger partial charge in [0.15, 0.2) is 0 Å². The van der Waals surface area contributed by atoms with E-state index < -0.39 is 0 Å². The van der Waals surface area contributed by atoms with Crippen LogP contribution < -0.4 is 4.90 Å². The number of fused-ring (bicyclic) bond motifs is 6. The number of benzene rings is 7. The first-order chi connectivity index (χ1) is 22.3. The summed E-state index contributed by atoms with van der Waals surface area (Å²) in [7, 11) is 0. The number of hydrogen-bond acceptors (Lipinski definition) is 3. The first-order valence-corrected chi connectivity index (χ1v) is 16.0. The molecule has 0 saturated heterocycles. The number of furan rings is 1. The van der Waals surface area contributed by atoms with Crippen LogP contribution in [-0.2, 0) is 0 Å². The molecule has 7 aromatic carbocycles. The molecule has 0 aliphatic carbocycles. The summed E-state index contributed by atoms with van der Waals surface area (Å²) in [6, 6.07) is 58.4. The lowest BCUT2D eigenvalue weighted by Crippen LogP contribution is -2.09. The fraction of sp³-hybridized carbons (Fsp3) is 0. The molecule has 2 heterocycles. The van der Waals surface area contributed by atoms with Gasteiger partial charge in [0, 0.05) is 53.6 Å². The van der Waals surface area contributed by atoms with Crippen LogP contribution in [0.25, 0.3) is 64.4 Å². The summed E-state index contributed by atoms with van der Waals surface area (Å²) in [4.78, 5) is 2.29. The maximum atomic E-state index is 6.55. The minimum Gasteiger partial charge on any atom is -0.455 e. The van der Waals surface area contributed by atoms with Gasteiger partial charge in [-0.2, -0.15) is 0 Å². The molecule has 2 aromatic heterocycles.